The number of carbonyl (C=O) groups excluding carboxylic acids is 2. The van der Waals surface area contributed by atoms with Crippen LogP contribution in [0.1, 0.15) is 55.6 Å². The first-order valence-corrected chi connectivity index (χ1v) is 11.6. The zero-order chi connectivity index (χ0) is 23.2. The van der Waals surface area contributed by atoms with Crippen LogP contribution in [0, 0.1) is 5.92 Å². The van der Waals surface area contributed by atoms with Gasteiger partial charge in [-0.25, -0.2) is 4.79 Å². The fourth-order valence-corrected chi connectivity index (χ4v) is 5.11. The molecule has 174 valence electrons. The molecule has 3 N–H and O–H groups in total. The molecule has 4 rings (SSSR count). The molecule has 0 aliphatic heterocycles. The highest BCUT2D eigenvalue weighted by Gasteiger charge is 2.31. The van der Waals surface area contributed by atoms with E-state index in [0.717, 1.165) is 25.7 Å². The molecule has 1 saturated carbocycles. The van der Waals surface area contributed by atoms with Gasteiger partial charge < -0.3 is 20.5 Å². The normalized spacial score (nSPS) is 19.3. The van der Waals surface area contributed by atoms with Crippen molar-refractivity contribution >= 4 is 18.0 Å². The molecular formula is C26H30N2O5. The first kappa shape index (κ1) is 22.8. The zero-order valence-corrected chi connectivity index (χ0v) is 18.6. The van der Waals surface area contributed by atoms with Crippen molar-refractivity contribution in [3.05, 3.63) is 59.7 Å². The minimum absolute atomic E-state index is 0.0169. The van der Waals surface area contributed by atoms with Crippen LogP contribution in [-0.2, 0) is 14.3 Å². The number of amides is 2. The minimum atomic E-state index is -1.06. The predicted octanol–water partition coefficient (Wildman–Crippen LogP) is 4.06. The van der Waals surface area contributed by atoms with E-state index in [0.29, 0.717) is 6.42 Å². The topological polar surface area (TPSA) is 105 Å². The monoisotopic (exact) mass is 450 g/mol. The average Bonchev–Trinajstić information content (AvgIpc) is 3.14. The Hall–Kier alpha value is -3.35. The zero-order valence-electron chi connectivity index (χ0n) is 18.6. The molecule has 2 atom stereocenters. The number of hydrogen-bond acceptors (Lipinski definition) is 4. The Balaban J connectivity index is 1.31. The van der Waals surface area contributed by atoms with Crippen LogP contribution in [0.25, 0.3) is 11.1 Å². The summed E-state index contributed by atoms with van der Waals surface area (Å²) in [6, 6.07) is 16.4. The minimum Gasteiger partial charge on any atom is -0.480 e. The fourth-order valence-electron chi connectivity index (χ4n) is 5.11. The maximum absolute atomic E-state index is 12.7. The third-order valence-corrected chi connectivity index (χ3v) is 6.73. The highest BCUT2D eigenvalue weighted by atomic mass is 16.5. The van der Waals surface area contributed by atoms with Crippen molar-refractivity contribution in [2.45, 2.75) is 50.5 Å². The van der Waals surface area contributed by atoms with E-state index < -0.39 is 12.1 Å². The van der Waals surface area contributed by atoms with Crippen LogP contribution < -0.4 is 10.6 Å². The molecular weight excluding hydrogens is 420 g/mol. The van der Waals surface area contributed by atoms with Gasteiger partial charge in [0.05, 0.1) is 0 Å². The van der Waals surface area contributed by atoms with Crippen LogP contribution in [0.5, 0.6) is 0 Å². The van der Waals surface area contributed by atoms with Gasteiger partial charge in [-0.05, 0) is 47.4 Å². The van der Waals surface area contributed by atoms with Crippen molar-refractivity contribution in [3.63, 3.8) is 0 Å². The molecule has 0 radical (unpaired) electrons. The number of rotatable bonds is 8. The second-order valence-electron chi connectivity index (χ2n) is 8.83. The molecule has 0 bridgehead atoms. The van der Waals surface area contributed by atoms with E-state index >= 15 is 0 Å². The van der Waals surface area contributed by atoms with Crippen molar-refractivity contribution in [1.82, 2.24) is 10.6 Å². The van der Waals surface area contributed by atoms with Gasteiger partial charge in [0, 0.05) is 18.4 Å². The predicted molar refractivity (Wildman–Crippen MR) is 124 cm³/mol. The lowest BCUT2D eigenvalue weighted by molar-refractivity contribution is -0.138. The van der Waals surface area contributed by atoms with Crippen molar-refractivity contribution in [3.8, 4) is 11.1 Å². The SMILES string of the molecule is O=C(O)CNC(=O)CCC1CCCCC1NC(=O)OCC1c2ccccc2-c2ccccc21. The summed E-state index contributed by atoms with van der Waals surface area (Å²) in [6.45, 7) is -0.0975. The Morgan fingerprint density at radius 3 is 2.24 bits per heavy atom. The van der Waals surface area contributed by atoms with Crippen LogP contribution in [0.15, 0.2) is 48.5 Å². The van der Waals surface area contributed by atoms with Gasteiger partial charge in [0.1, 0.15) is 13.2 Å². The molecule has 7 heteroatoms. The van der Waals surface area contributed by atoms with Gasteiger partial charge in [0.25, 0.3) is 0 Å². The molecule has 2 unspecified atom stereocenters. The molecule has 0 aromatic heterocycles. The third-order valence-electron chi connectivity index (χ3n) is 6.73. The number of fused-ring (bicyclic) bond motifs is 3. The maximum atomic E-state index is 12.7. The van der Waals surface area contributed by atoms with E-state index in [1.807, 2.05) is 24.3 Å². The lowest BCUT2D eigenvalue weighted by Crippen LogP contribution is -2.43. The van der Waals surface area contributed by atoms with Crippen molar-refractivity contribution in [2.24, 2.45) is 5.92 Å². The smallest absolute Gasteiger partial charge is 0.407 e. The highest BCUT2D eigenvalue weighted by Crippen LogP contribution is 2.44. The Labute approximate surface area is 193 Å². The van der Waals surface area contributed by atoms with E-state index in [-0.39, 0.29) is 43.4 Å². The van der Waals surface area contributed by atoms with E-state index in [4.69, 9.17) is 9.84 Å². The van der Waals surface area contributed by atoms with Crippen molar-refractivity contribution in [1.29, 1.82) is 0 Å². The van der Waals surface area contributed by atoms with Gasteiger partial charge in [0.2, 0.25) is 5.91 Å². The molecule has 0 heterocycles. The van der Waals surface area contributed by atoms with Crippen LogP contribution in [-0.4, -0.2) is 42.3 Å². The van der Waals surface area contributed by atoms with Crippen LogP contribution in [0.2, 0.25) is 0 Å². The highest BCUT2D eigenvalue weighted by molar-refractivity contribution is 5.81. The molecule has 2 aliphatic rings. The molecule has 1 fully saturated rings. The van der Waals surface area contributed by atoms with Crippen LogP contribution in [0.3, 0.4) is 0 Å². The molecule has 2 aromatic rings. The van der Waals surface area contributed by atoms with Gasteiger partial charge in [0.15, 0.2) is 0 Å². The van der Waals surface area contributed by atoms with Gasteiger partial charge in [-0.15, -0.1) is 0 Å². The lowest BCUT2D eigenvalue weighted by Gasteiger charge is -2.32. The van der Waals surface area contributed by atoms with Gasteiger partial charge in [-0.3, -0.25) is 9.59 Å². The standard InChI is InChI=1S/C26H30N2O5/c29-24(27-15-25(30)31)14-13-17-7-1-6-12-23(17)28-26(32)33-16-22-20-10-4-2-8-18(20)19-9-3-5-11-21(19)22/h2-5,8-11,17,22-23H,1,6-7,12-16H2,(H,27,29)(H,28,32)(H,30,31). The Bertz CT molecular complexity index is 976. The second-order valence-corrected chi connectivity index (χ2v) is 8.83. The molecule has 2 aromatic carbocycles. The summed E-state index contributed by atoms with van der Waals surface area (Å²) in [5.74, 6) is -1.14. The lowest BCUT2D eigenvalue weighted by atomic mass is 9.81. The average molecular weight is 451 g/mol. The number of carboxylic acid groups (broad SMARTS) is 1. The molecule has 33 heavy (non-hydrogen) atoms. The molecule has 0 saturated heterocycles. The molecule has 2 aliphatic carbocycles. The number of alkyl carbamates (subject to hydrolysis) is 1. The van der Waals surface area contributed by atoms with Crippen molar-refractivity contribution in [2.75, 3.05) is 13.2 Å². The summed E-state index contributed by atoms with van der Waals surface area (Å²) in [6.07, 6.45) is 4.30. The van der Waals surface area contributed by atoms with E-state index in [1.165, 1.54) is 22.3 Å². The number of carboxylic acids is 1. The number of aliphatic carboxylic acids is 1. The Kier molecular flexibility index (Phi) is 7.27. The van der Waals surface area contributed by atoms with E-state index in [1.54, 1.807) is 0 Å². The number of hydrogen-bond donors (Lipinski definition) is 3. The van der Waals surface area contributed by atoms with Crippen LogP contribution >= 0.6 is 0 Å². The largest absolute Gasteiger partial charge is 0.480 e. The number of carbonyl (C=O) groups is 3. The second kappa shape index (κ2) is 10.5. The molecule has 2 amide bonds. The summed E-state index contributed by atoms with van der Waals surface area (Å²) in [5, 5.41) is 14.1. The first-order chi connectivity index (χ1) is 16.0. The summed E-state index contributed by atoms with van der Waals surface area (Å²) < 4.78 is 5.69. The number of nitrogens with one attached hydrogen (secondary N) is 2. The summed E-state index contributed by atoms with van der Waals surface area (Å²) in [5.41, 5.74) is 4.73. The number of benzene rings is 2. The quantitative estimate of drug-likeness (QED) is 0.562. The Morgan fingerprint density at radius 1 is 0.939 bits per heavy atom. The first-order valence-electron chi connectivity index (χ1n) is 11.6. The summed E-state index contributed by atoms with van der Waals surface area (Å²) in [7, 11) is 0. The van der Waals surface area contributed by atoms with E-state index in [2.05, 4.69) is 34.9 Å². The van der Waals surface area contributed by atoms with Gasteiger partial charge in [-0.1, -0.05) is 61.4 Å². The van der Waals surface area contributed by atoms with Crippen LogP contribution in [0.4, 0.5) is 4.79 Å². The molecule has 7 nitrogen and oxygen atoms in total. The molecule has 0 spiro atoms. The van der Waals surface area contributed by atoms with Gasteiger partial charge in [-0.2, -0.15) is 0 Å². The third kappa shape index (κ3) is 5.53. The fraction of sp³-hybridized carbons (Fsp3) is 0.423. The summed E-state index contributed by atoms with van der Waals surface area (Å²) in [4.78, 5) is 35.2. The van der Waals surface area contributed by atoms with Crippen molar-refractivity contribution < 1.29 is 24.2 Å². The van der Waals surface area contributed by atoms with Gasteiger partial charge >= 0.3 is 12.1 Å². The number of ether oxygens (including phenoxy) is 1. The van der Waals surface area contributed by atoms with E-state index in [9.17, 15) is 14.4 Å². The Morgan fingerprint density at radius 2 is 1.58 bits per heavy atom. The maximum Gasteiger partial charge on any atom is 0.407 e. The summed E-state index contributed by atoms with van der Waals surface area (Å²) >= 11 is 0.